The van der Waals surface area contributed by atoms with Crippen LogP contribution in [-0.2, 0) is 0 Å². The molecule has 0 unspecified atom stereocenters. The van der Waals surface area contributed by atoms with Gasteiger partial charge >= 0.3 is 0 Å². The van der Waals surface area contributed by atoms with Crippen molar-refractivity contribution in [2.45, 2.75) is 19.9 Å². The van der Waals surface area contributed by atoms with Crippen molar-refractivity contribution in [1.82, 2.24) is 24.5 Å². The number of amides is 1. The van der Waals surface area contributed by atoms with Crippen molar-refractivity contribution in [3.63, 3.8) is 0 Å². The van der Waals surface area contributed by atoms with Gasteiger partial charge in [0.05, 0.1) is 5.52 Å². The van der Waals surface area contributed by atoms with Gasteiger partial charge in [0, 0.05) is 47.2 Å². The van der Waals surface area contributed by atoms with Gasteiger partial charge < -0.3 is 9.80 Å². The molecular weight excluding hydrogens is 472 g/mol. The topological polar surface area (TPSA) is 66.6 Å². The first kappa shape index (κ1) is 22.5. The number of benzene rings is 3. The Kier molecular flexibility index (Phi) is 5.57. The quantitative estimate of drug-likeness (QED) is 0.341. The van der Waals surface area contributed by atoms with Crippen LogP contribution in [0.4, 0.5) is 5.95 Å². The van der Waals surface area contributed by atoms with E-state index in [0.717, 1.165) is 39.4 Å². The minimum Gasteiger partial charge on any atom is -0.338 e. The number of nitrogens with zero attached hydrogens (tertiary/aromatic N) is 6. The minimum atomic E-state index is -0.0100. The number of rotatable bonds is 3. The molecule has 7 nitrogen and oxygen atoms in total. The summed E-state index contributed by atoms with van der Waals surface area (Å²) >= 11 is 6.01. The van der Waals surface area contributed by atoms with Crippen molar-refractivity contribution in [2.75, 3.05) is 24.5 Å². The van der Waals surface area contributed by atoms with Crippen molar-refractivity contribution in [2.24, 2.45) is 0 Å². The molecule has 5 aromatic rings. The van der Waals surface area contributed by atoms with Crippen molar-refractivity contribution in [1.29, 1.82) is 0 Å². The van der Waals surface area contributed by atoms with Gasteiger partial charge in [-0.05, 0) is 56.3 Å². The first-order chi connectivity index (χ1) is 17.5. The fourth-order valence-corrected chi connectivity index (χ4v) is 5.07. The van der Waals surface area contributed by atoms with Crippen LogP contribution in [0.5, 0.6) is 0 Å². The number of hydrogen-bond donors (Lipinski definition) is 0. The molecule has 0 radical (unpaired) electrons. The van der Waals surface area contributed by atoms with Gasteiger partial charge in [0.1, 0.15) is 0 Å². The number of carbonyl (C=O) groups is 1. The van der Waals surface area contributed by atoms with E-state index in [0.29, 0.717) is 30.2 Å². The molecule has 2 aromatic heterocycles. The Bertz CT molecular complexity index is 1600. The van der Waals surface area contributed by atoms with Gasteiger partial charge in [-0.15, -0.1) is 10.2 Å². The molecule has 1 aliphatic rings. The van der Waals surface area contributed by atoms with Crippen LogP contribution >= 0.6 is 11.6 Å². The van der Waals surface area contributed by atoms with Gasteiger partial charge in [-0.3, -0.25) is 4.79 Å². The van der Waals surface area contributed by atoms with Crippen LogP contribution in [-0.4, -0.2) is 56.1 Å². The van der Waals surface area contributed by atoms with Crippen molar-refractivity contribution >= 4 is 40.0 Å². The van der Waals surface area contributed by atoms with E-state index in [1.54, 1.807) is 24.3 Å². The minimum absolute atomic E-state index is 0.0100. The average molecular weight is 497 g/mol. The van der Waals surface area contributed by atoms with Crippen LogP contribution in [0.25, 0.3) is 27.9 Å². The molecule has 1 saturated heterocycles. The predicted octanol–water partition coefficient (Wildman–Crippen LogP) is 5.26. The number of hydrogen-bond acceptors (Lipinski definition) is 5. The zero-order chi connectivity index (χ0) is 24.8. The van der Waals surface area contributed by atoms with Crippen LogP contribution < -0.4 is 4.90 Å². The summed E-state index contributed by atoms with van der Waals surface area (Å²) in [5.74, 6) is 1.56. The molecule has 1 fully saturated rings. The lowest BCUT2D eigenvalue weighted by molar-refractivity contribution is 0.0673. The fraction of sp³-hybridized carbons (Fsp3) is 0.214. The molecule has 3 heterocycles. The van der Waals surface area contributed by atoms with Crippen LogP contribution in [0, 0.1) is 6.92 Å². The zero-order valence-corrected chi connectivity index (χ0v) is 20.9. The normalized spacial score (nSPS) is 16.1. The van der Waals surface area contributed by atoms with E-state index in [9.17, 15) is 4.79 Å². The molecule has 0 bridgehead atoms. The van der Waals surface area contributed by atoms with E-state index in [4.69, 9.17) is 16.6 Å². The second kappa shape index (κ2) is 8.91. The third-order valence-electron chi connectivity index (χ3n) is 6.77. The van der Waals surface area contributed by atoms with E-state index in [1.165, 1.54) is 0 Å². The van der Waals surface area contributed by atoms with Crippen LogP contribution in [0.15, 0.2) is 72.8 Å². The number of para-hydroxylation sites is 1. The molecule has 0 aliphatic carbocycles. The molecule has 0 spiro atoms. The monoisotopic (exact) mass is 496 g/mol. The van der Waals surface area contributed by atoms with Gasteiger partial charge in [0.15, 0.2) is 11.5 Å². The lowest BCUT2D eigenvalue weighted by Crippen LogP contribution is -2.54. The SMILES string of the molecule is Cc1cccc(-c2nnc3c4ccccc4nc(N4CCN(C(=O)c5ccc(Cl)cc5)[C@@H](C)C4)n23)c1. The van der Waals surface area contributed by atoms with E-state index >= 15 is 0 Å². The maximum Gasteiger partial charge on any atom is 0.254 e. The summed E-state index contributed by atoms with van der Waals surface area (Å²) < 4.78 is 2.06. The highest BCUT2D eigenvalue weighted by Gasteiger charge is 2.31. The number of piperazine rings is 1. The third kappa shape index (κ3) is 3.85. The first-order valence-corrected chi connectivity index (χ1v) is 12.4. The Hall–Kier alpha value is -3.97. The molecule has 0 saturated carbocycles. The van der Waals surface area contributed by atoms with E-state index in [2.05, 4.69) is 45.5 Å². The summed E-state index contributed by atoms with van der Waals surface area (Å²) in [5.41, 5.74) is 4.44. The lowest BCUT2D eigenvalue weighted by atomic mass is 10.1. The second-order valence-electron chi connectivity index (χ2n) is 9.28. The number of halogens is 1. The Labute approximate surface area is 214 Å². The van der Waals surface area contributed by atoms with E-state index in [-0.39, 0.29) is 11.9 Å². The Balaban J connectivity index is 1.41. The molecule has 0 N–H and O–H groups in total. The van der Waals surface area contributed by atoms with Crippen molar-refractivity contribution in [3.8, 4) is 11.4 Å². The maximum absolute atomic E-state index is 13.2. The van der Waals surface area contributed by atoms with Gasteiger partial charge in [-0.25, -0.2) is 9.38 Å². The summed E-state index contributed by atoms with van der Waals surface area (Å²) in [7, 11) is 0. The first-order valence-electron chi connectivity index (χ1n) is 12.0. The van der Waals surface area contributed by atoms with Gasteiger partial charge in [0.2, 0.25) is 5.95 Å². The third-order valence-corrected chi connectivity index (χ3v) is 7.02. The molecule has 1 aliphatic heterocycles. The van der Waals surface area contributed by atoms with E-state index in [1.807, 2.05) is 41.3 Å². The zero-order valence-electron chi connectivity index (χ0n) is 20.1. The van der Waals surface area contributed by atoms with Crippen molar-refractivity contribution in [3.05, 3.63) is 88.9 Å². The Morgan fingerprint density at radius 3 is 2.56 bits per heavy atom. The van der Waals surface area contributed by atoms with Crippen LogP contribution in [0.3, 0.4) is 0 Å². The standard InChI is InChI=1S/C28H25ClN6O/c1-18-6-5-7-21(16-18)25-31-32-26-23-8-3-4-9-24(23)30-28(35(25)26)33-14-15-34(19(2)17-33)27(36)20-10-12-22(29)13-11-20/h3-13,16,19H,14-15,17H2,1-2H3/t19-/m0/s1. The molecule has 3 aromatic carbocycles. The van der Waals surface area contributed by atoms with Gasteiger partial charge in [0.25, 0.3) is 5.91 Å². The number of aromatic nitrogens is 4. The Morgan fingerprint density at radius 2 is 1.78 bits per heavy atom. The summed E-state index contributed by atoms with van der Waals surface area (Å²) in [6.45, 7) is 6.02. The maximum atomic E-state index is 13.2. The van der Waals surface area contributed by atoms with Crippen LogP contribution in [0.1, 0.15) is 22.8 Å². The summed E-state index contributed by atoms with van der Waals surface area (Å²) in [6, 6.07) is 23.3. The van der Waals surface area contributed by atoms with Gasteiger partial charge in [-0.1, -0.05) is 47.5 Å². The number of aryl methyl sites for hydroxylation is 1. The molecule has 6 rings (SSSR count). The number of anilines is 1. The number of carbonyl (C=O) groups excluding carboxylic acids is 1. The Morgan fingerprint density at radius 1 is 0.972 bits per heavy atom. The predicted molar refractivity (Wildman–Crippen MR) is 143 cm³/mol. The molecule has 180 valence electrons. The number of fused-ring (bicyclic) bond motifs is 3. The largest absolute Gasteiger partial charge is 0.338 e. The molecule has 1 amide bonds. The van der Waals surface area contributed by atoms with E-state index < -0.39 is 0 Å². The smallest absolute Gasteiger partial charge is 0.254 e. The highest BCUT2D eigenvalue weighted by atomic mass is 35.5. The molecular formula is C28H25ClN6O. The van der Waals surface area contributed by atoms with Crippen molar-refractivity contribution < 1.29 is 4.79 Å². The van der Waals surface area contributed by atoms with Gasteiger partial charge in [-0.2, -0.15) is 0 Å². The summed E-state index contributed by atoms with van der Waals surface area (Å²) in [4.78, 5) is 22.4. The summed E-state index contributed by atoms with van der Waals surface area (Å²) in [6.07, 6.45) is 0. The summed E-state index contributed by atoms with van der Waals surface area (Å²) in [5, 5.41) is 10.8. The molecule has 1 atom stereocenters. The fourth-order valence-electron chi connectivity index (χ4n) is 4.95. The molecule has 36 heavy (non-hydrogen) atoms. The van der Waals surface area contributed by atoms with Crippen LogP contribution in [0.2, 0.25) is 5.02 Å². The lowest BCUT2D eigenvalue weighted by Gasteiger charge is -2.40. The second-order valence-corrected chi connectivity index (χ2v) is 9.72. The molecule has 8 heteroatoms. The highest BCUT2D eigenvalue weighted by molar-refractivity contribution is 6.30. The average Bonchev–Trinajstić information content (AvgIpc) is 3.34. The highest BCUT2D eigenvalue weighted by Crippen LogP contribution is 2.30.